The zero-order valence-corrected chi connectivity index (χ0v) is 21.6. The van der Waals surface area contributed by atoms with E-state index in [0.29, 0.717) is 11.8 Å². The summed E-state index contributed by atoms with van der Waals surface area (Å²) in [6.45, 7) is 13.9. The van der Waals surface area contributed by atoms with Gasteiger partial charge in [-0.15, -0.1) is 0 Å². The molecule has 4 atom stereocenters. The predicted molar refractivity (Wildman–Crippen MR) is 135 cm³/mol. The molecule has 1 aliphatic heterocycles. The number of hydrogen-bond donors (Lipinski definition) is 0. The second kappa shape index (κ2) is 8.18. The fraction of sp³-hybridized carbons (Fsp3) is 0.692. The molecule has 176 valence electrons. The molecule has 2 aliphatic carbocycles. The number of carbonyl (C=O) groups excluding carboxylic acids is 2. The first-order valence-electron chi connectivity index (χ1n) is 12.4. The molecule has 33 heavy (non-hydrogen) atoms. The van der Waals surface area contributed by atoms with Crippen molar-refractivity contribution in [2.45, 2.75) is 84.5 Å². The van der Waals surface area contributed by atoms with E-state index in [1.54, 1.807) is 14.1 Å². The second-order valence-electron chi connectivity index (χ2n) is 11.2. The topological polar surface area (TPSA) is 49.9 Å². The molecule has 2 radical (unpaired) electrons. The number of nitrogens with zero attached hydrogens (tertiary/aromatic N) is 2. The Balaban J connectivity index is 1.97. The molecule has 1 heterocycles. The highest BCUT2D eigenvalue weighted by Gasteiger charge is 2.70. The third-order valence-corrected chi connectivity index (χ3v) is 9.80. The molecule has 2 bridgehead atoms. The number of benzene rings is 1. The number of carbonyl (C=O) groups is 2. The molecule has 1 saturated heterocycles. The van der Waals surface area contributed by atoms with Crippen molar-refractivity contribution in [3.63, 3.8) is 0 Å². The van der Waals surface area contributed by atoms with Crippen molar-refractivity contribution < 1.29 is 14.3 Å². The second-order valence-corrected chi connectivity index (χ2v) is 11.2. The van der Waals surface area contributed by atoms with Crippen molar-refractivity contribution in [3.05, 3.63) is 28.8 Å². The Morgan fingerprint density at radius 3 is 2.48 bits per heavy atom. The van der Waals surface area contributed by atoms with E-state index in [1.165, 1.54) is 18.4 Å². The molecule has 1 amide bonds. The number of ether oxygens (including phenoxy) is 1. The monoisotopic (exact) mass is 448 g/mol. The number of piperidine rings is 1. The summed E-state index contributed by atoms with van der Waals surface area (Å²) >= 11 is 0. The van der Waals surface area contributed by atoms with E-state index in [1.807, 2.05) is 24.8 Å². The van der Waals surface area contributed by atoms with Crippen LogP contribution in [0.25, 0.3) is 0 Å². The lowest BCUT2D eigenvalue weighted by molar-refractivity contribution is -0.156. The van der Waals surface area contributed by atoms with E-state index < -0.39 is 0 Å². The Morgan fingerprint density at radius 1 is 1.15 bits per heavy atom. The van der Waals surface area contributed by atoms with E-state index in [0.717, 1.165) is 37.8 Å². The van der Waals surface area contributed by atoms with E-state index in [4.69, 9.17) is 4.74 Å². The van der Waals surface area contributed by atoms with Crippen LogP contribution in [0.5, 0.6) is 5.75 Å². The Kier molecular flexibility index (Phi) is 6.04. The molecular weight excluding hydrogens is 410 g/mol. The number of likely N-dealkylation sites (N-methyl/N-ethyl adjacent to an activating group) is 1. The minimum absolute atomic E-state index is 0.0666. The molecule has 1 aromatic carbocycles. The van der Waals surface area contributed by atoms with Gasteiger partial charge >= 0.3 is 0 Å². The first kappa shape index (κ1) is 24.4. The van der Waals surface area contributed by atoms with Crippen LogP contribution in [0.3, 0.4) is 0 Å². The predicted octanol–water partition coefficient (Wildman–Crippen LogP) is 4.74. The quantitative estimate of drug-likeness (QED) is 0.625. The SMILES string of the molecule is C[B]C(=O)Oc1ccc2c(c1C)[C@]13CCN(C)[C@H](C2)C1(C)CCC(N(C)C(=O)[B]C)C3(C)C. The van der Waals surface area contributed by atoms with Gasteiger partial charge in [-0.3, -0.25) is 9.59 Å². The van der Waals surface area contributed by atoms with Crippen LogP contribution in [0.15, 0.2) is 12.1 Å². The van der Waals surface area contributed by atoms with Gasteiger partial charge in [-0.2, -0.15) is 0 Å². The van der Waals surface area contributed by atoms with Crippen LogP contribution in [0, 0.1) is 17.8 Å². The van der Waals surface area contributed by atoms with Crippen LogP contribution in [-0.2, 0) is 11.8 Å². The van der Waals surface area contributed by atoms with Gasteiger partial charge in [-0.25, -0.2) is 0 Å². The third kappa shape index (κ3) is 3.17. The number of rotatable bonds is 4. The molecule has 4 rings (SSSR count). The van der Waals surface area contributed by atoms with Crippen molar-refractivity contribution in [2.24, 2.45) is 10.8 Å². The summed E-state index contributed by atoms with van der Waals surface area (Å²) in [7, 11) is 7.38. The largest absolute Gasteiger partial charge is 0.435 e. The van der Waals surface area contributed by atoms with Crippen LogP contribution in [0.4, 0.5) is 9.59 Å². The number of amides is 1. The molecule has 1 saturated carbocycles. The molecule has 7 heteroatoms. The Bertz CT molecular complexity index is 981. The molecule has 0 N–H and O–H groups in total. The Morgan fingerprint density at radius 2 is 1.85 bits per heavy atom. The lowest BCUT2D eigenvalue weighted by atomic mass is 9.36. The minimum Gasteiger partial charge on any atom is -0.435 e. The van der Waals surface area contributed by atoms with Crippen molar-refractivity contribution in [2.75, 3.05) is 20.6 Å². The maximum atomic E-state index is 12.8. The summed E-state index contributed by atoms with van der Waals surface area (Å²) in [6, 6.07) is 4.75. The molecule has 3 aliphatic rings. The van der Waals surface area contributed by atoms with Gasteiger partial charge in [0.15, 0.2) is 5.81 Å². The summed E-state index contributed by atoms with van der Waals surface area (Å²) in [4.78, 5) is 29.5. The lowest BCUT2D eigenvalue weighted by Crippen LogP contribution is -2.75. The van der Waals surface area contributed by atoms with Crippen LogP contribution in [-0.4, -0.2) is 68.8 Å². The van der Waals surface area contributed by atoms with Crippen LogP contribution < -0.4 is 4.74 Å². The zero-order valence-electron chi connectivity index (χ0n) is 21.6. The maximum Gasteiger partial charge on any atom is 0.258 e. The minimum atomic E-state index is -0.319. The van der Waals surface area contributed by atoms with Crippen molar-refractivity contribution >= 4 is 26.2 Å². The van der Waals surface area contributed by atoms with E-state index in [-0.39, 0.29) is 34.0 Å². The Labute approximate surface area is 201 Å². The average molecular weight is 448 g/mol. The van der Waals surface area contributed by atoms with Gasteiger partial charge in [0, 0.05) is 24.5 Å². The average Bonchev–Trinajstić information content (AvgIpc) is 2.77. The molecular formula is C26H38B2N2O3. The van der Waals surface area contributed by atoms with Gasteiger partial charge in [-0.1, -0.05) is 40.5 Å². The molecule has 0 aromatic heterocycles. The van der Waals surface area contributed by atoms with E-state index in [2.05, 4.69) is 45.7 Å². The van der Waals surface area contributed by atoms with E-state index >= 15 is 0 Å². The highest BCUT2D eigenvalue weighted by atomic mass is 16.5. The molecule has 1 aromatic rings. The number of likely N-dealkylation sites (tertiary alicyclic amines) is 1. The molecule has 0 spiro atoms. The molecule has 2 fully saturated rings. The first-order valence-corrected chi connectivity index (χ1v) is 12.4. The summed E-state index contributed by atoms with van der Waals surface area (Å²) in [6.07, 6.45) is 4.11. The van der Waals surface area contributed by atoms with Gasteiger partial charge in [-0.05, 0) is 79.8 Å². The number of fused-ring (bicyclic) bond motifs is 1. The van der Waals surface area contributed by atoms with E-state index in [9.17, 15) is 9.59 Å². The zero-order chi connectivity index (χ0) is 24.3. The van der Waals surface area contributed by atoms with Gasteiger partial charge in [0.05, 0.1) is 0 Å². The standard InChI is InChI=1S/C26H38B2N2O3/c1-16-18(33-23(32)28-6)10-9-17-15-20-25(4)12-11-19(30(8)22(31)27-5)24(2,3)26(25,21(16)17)13-14-29(20)7/h9-10,19-20H,11-15H2,1-8H3/t19?,20-,25?,26+/m1/s1. The van der Waals surface area contributed by atoms with Gasteiger partial charge in [0.1, 0.15) is 5.75 Å². The van der Waals surface area contributed by atoms with Crippen molar-refractivity contribution in [1.82, 2.24) is 9.80 Å². The highest BCUT2D eigenvalue weighted by Crippen LogP contribution is 2.70. The maximum absolute atomic E-state index is 12.8. The molecule has 2 unspecified atom stereocenters. The summed E-state index contributed by atoms with van der Waals surface area (Å²) in [5.74, 6) is 0.432. The van der Waals surface area contributed by atoms with Gasteiger partial charge < -0.3 is 14.5 Å². The third-order valence-electron chi connectivity index (χ3n) is 9.80. The highest BCUT2D eigenvalue weighted by molar-refractivity contribution is 6.72. The van der Waals surface area contributed by atoms with Gasteiger partial charge in [0.25, 0.3) is 7.28 Å². The fourth-order valence-electron chi connectivity index (χ4n) is 8.22. The Hall–Kier alpha value is -1.75. The first-order chi connectivity index (χ1) is 15.5. The summed E-state index contributed by atoms with van der Waals surface area (Å²) in [5.41, 5.74) is 3.60. The van der Waals surface area contributed by atoms with Crippen LogP contribution >= 0.6 is 0 Å². The summed E-state index contributed by atoms with van der Waals surface area (Å²) in [5, 5.41) is 0. The smallest absolute Gasteiger partial charge is 0.258 e. The molecule has 5 nitrogen and oxygen atoms in total. The van der Waals surface area contributed by atoms with Crippen molar-refractivity contribution in [1.29, 1.82) is 0 Å². The summed E-state index contributed by atoms with van der Waals surface area (Å²) < 4.78 is 5.75. The van der Waals surface area contributed by atoms with Crippen LogP contribution in [0.1, 0.15) is 56.7 Å². The van der Waals surface area contributed by atoms with Gasteiger partial charge in [0.2, 0.25) is 13.1 Å². The van der Waals surface area contributed by atoms with Crippen molar-refractivity contribution in [3.8, 4) is 5.75 Å². The normalized spacial score (nSPS) is 32.2. The number of hydrogen-bond acceptors (Lipinski definition) is 4. The lowest BCUT2D eigenvalue weighted by Gasteiger charge is -2.72. The fourth-order valence-corrected chi connectivity index (χ4v) is 8.22. The van der Waals surface area contributed by atoms with Crippen LogP contribution in [0.2, 0.25) is 13.6 Å².